The first-order chi connectivity index (χ1) is 9.18. The van der Waals surface area contributed by atoms with Crippen molar-refractivity contribution in [3.63, 3.8) is 0 Å². The van der Waals surface area contributed by atoms with Crippen LogP contribution in [-0.2, 0) is 4.79 Å². The molecule has 0 bridgehead atoms. The Balaban J connectivity index is 2.06. The lowest BCUT2D eigenvalue weighted by atomic mass is 9.94. The molecule has 0 aliphatic heterocycles. The predicted octanol–water partition coefficient (Wildman–Crippen LogP) is 2.45. The minimum absolute atomic E-state index is 0.182. The Kier molecular flexibility index (Phi) is 4.55. The molecule has 0 radical (unpaired) electrons. The highest BCUT2D eigenvalue weighted by Gasteiger charge is 2.30. The van der Waals surface area contributed by atoms with Gasteiger partial charge in [-0.05, 0) is 25.0 Å². The van der Waals surface area contributed by atoms with Gasteiger partial charge in [0.1, 0.15) is 0 Å². The summed E-state index contributed by atoms with van der Waals surface area (Å²) >= 11 is 0. The van der Waals surface area contributed by atoms with Gasteiger partial charge < -0.3 is 10.4 Å². The van der Waals surface area contributed by atoms with E-state index >= 15 is 0 Å². The number of carbonyl (C=O) groups is 2. The number of carbonyl (C=O) groups excluding carboxylic acids is 1. The number of amides is 1. The monoisotopic (exact) mass is 261 g/mol. The fourth-order valence-electron chi connectivity index (χ4n) is 2.62. The Hall–Kier alpha value is -1.84. The predicted molar refractivity (Wildman–Crippen MR) is 71.9 cm³/mol. The van der Waals surface area contributed by atoms with Gasteiger partial charge in [-0.15, -0.1) is 0 Å². The second kappa shape index (κ2) is 6.36. The summed E-state index contributed by atoms with van der Waals surface area (Å²) in [6.45, 7) is 0. The minimum atomic E-state index is -0.805. The van der Waals surface area contributed by atoms with Gasteiger partial charge in [-0.2, -0.15) is 0 Å². The maximum atomic E-state index is 12.1. The fourth-order valence-corrected chi connectivity index (χ4v) is 2.62. The molecule has 2 atom stereocenters. The summed E-state index contributed by atoms with van der Waals surface area (Å²) < 4.78 is 0. The van der Waals surface area contributed by atoms with Crippen LogP contribution in [0.1, 0.15) is 42.5 Å². The number of carboxylic acids is 1. The molecular formula is C15H19NO3. The molecule has 4 nitrogen and oxygen atoms in total. The average Bonchev–Trinajstić information content (AvgIpc) is 2.65. The number of carboxylic acid groups (broad SMARTS) is 1. The van der Waals surface area contributed by atoms with Crippen LogP contribution in [0, 0.1) is 5.92 Å². The van der Waals surface area contributed by atoms with Crippen molar-refractivity contribution >= 4 is 11.9 Å². The second-order valence-corrected chi connectivity index (χ2v) is 5.03. The molecule has 1 amide bonds. The molecular weight excluding hydrogens is 242 g/mol. The molecule has 1 saturated carbocycles. The van der Waals surface area contributed by atoms with E-state index in [1.165, 1.54) is 0 Å². The molecule has 2 N–H and O–H groups in total. The third kappa shape index (κ3) is 3.56. The average molecular weight is 261 g/mol. The van der Waals surface area contributed by atoms with Crippen LogP contribution < -0.4 is 5.32 Å². The summed E-state index contributed by atoms with van der Waals surface area (Å²) in [4.78, 5) is 23.4. The Morgan fingerprint density at radius 1 is 1.05 bits per heavy atom. The quantitative estimate of drug-likeness (QED) is 0.821. The van der Waals surface area contributed by atoms with E-state index in [2.05, 4.69) is 5.32 Å². The summed E-state index contributed by atoms with van der Waals surface area (Å²) in [7, 11) is 0. The molecule has 0 spiro atoms. The van der Waals surface area contributed by atoms with Crippen LogP contribution in [0.4, 0.5) is 0 Å². The van der Waals surface area contributed by atoms with Gasteiger partial charge in [-0.1, -0.05) is 37.5 Å². The first kappa shape index (κ1) is 13.6. The largest absolute Gasteiger partial charge is 0.481 e. The summed E-state index contributed by atoms with van der Waals surface area (Å²) in [6.07, 6.45) is 4.34. The topological polar surface area (TPSA) is 66.4 Å². The van der Waals surface area contributed by atoms with E-state index in [1.807, 2.05) is 6.07 Å². The first-order valence-electron chi connectivity index (χ1n) is 6.77. The van der Waals surface area contributed by atoms with Gasteiger partial charge in [0.2, 0.25) is 0 Å². The number of nitrogens with one attached hydrogen (secondary N) is 1. The number of rotatable bonds is 3. The Morgan fingerprint density at radius 3 is 2.42 bits per heavy atom. The fraction of sp³-hybridized carbons (Fsp3) is 0.467. The van der Waals surface area contributed by atoms with Gasteiger partial charge in [0, 0.05) is 11.6 Å². The smallest absolute Gasteiger partial charge is 0.308 e. The minimum Gasteiger partial charge on any atom is -0.481 e. The molecule has 2 unspecified atom stereocenters. The number of hydrogen-bond acceptors (Lipinski definition) is 2. The van der Waals surface area contributed by atoms with Gasteiger partial charge in [0.25, 0.3) is 5.91 Å². The summed E-state index contributed by atoms with van der Waals surface area (Å²) in [5.74, 6) is -1.45. The number of hydrogen-bond donors (Lipinski definition) is 2. The zero-order valence-electron chi connectivity index (χ0n) is 10.8. The van der Waals surface area contributed by atoms with E-state index in [0.29, 0.717) is 12.0 Å². The molecule has 19 heavy (non-hydrogen) atoms. The normalized spacial score (nSPS) is 23.4. The Labute approximate surface area is 112 Å². The van der Waals surface area contributed by atoms with Gasteiger partial charge in [0.15, 0.2) is 0 Å². The zero-order valence-corrected chi connectivity index (χ0v) is 10.8. The molecule has 1 fully saturated rings. The highest BCUT2D eigenvalue weighted by molar-refractivity contribution is 5.94. The lowest BCUT2D eigenvalue weighted by Gasteiger charge is -2.22. The number of benzene rings is 1. The lowest BCUT2D eigenvalue weighted by molar-refractivity contribution is -0.142. The SMILES string of the molecule is O=C(NC1CCCCCC1C(=O)O)c1ccccc1. The van der Waals surface area contributed by atoms with Crippen molar-refractivity contribution in [2.75, 3.05) is 0 Å². The van der Waals surface area contributed by atoms with Crippen molar-refractivity contribution < 1.29 is 14.7 Å². The van der Waals surface area contributed by atoms with E-state index in [-0.39, 0.29) is 11.9 Å². The molecule has 1 aliphatic rings. The second-order valence-electron chi connectivity index (χ2n) is 5.03. The molecule has 1 aliphatic carbocycles. The molecule has 1 aromatic carbocycles. The van der Waals surface area contributed by atoms with Crippen LogP contribution in [-0.4, -0.2) is 23.0 Å². The lowest BCUT2D eigenvalue weighted by Crippen LogP contribution is -2.42. The molecule has 1 aromatic rings. The third-order valence-corrected chi connectivity index (χ3v) is 3.69. The molecule has 0 aromatic heterocycles. The van der Waals surface area contributed by atoms with Gasteiger partial charge in [-0.25, -0.2) is 0 Å². The van der Waals surface area contributed by atoms with Crippen molar-refractivity contribution in [1.82, 2.24) is 5.32 Å². The molecule has 102 valence electrons. The van der Waals surface area contributed by atoms with Crippen LogP contribution in [0.25, 0.3) is 0 Å². The van der Waals surface area contributed by atoms with E-state index < -0.39 is 11.9 Å². The van der Waals surface area contributed by atoms with Crippen LogP contribution in [0.2, 0.25) is 0 Å². The molecule has 2 rings (SSSR count). The van der Waals surface area contributed by atoms with Gasteiger partial charge in [-0.3, -0.25) is 9.59 Å². The maximum absolute atomic E-state index is 12.1. The van der Waals surface area contributed by atoms with E-state index in [9.17, 15) is 14.7 Å². The van der Waals surface area contributed by atoms with Crippen molar-refractivity contribution in [1.29, 1.82) is 0 Å². The first-order valence-corrected chi connectivity index (χ1v) is 6.77. The van der Waals surface area contributed by atoms with Crippen LogP contribution in [0.15, 0.2) is 30.3 Å². The van der Waals surface area contributed by atoms with E-state index in [0.717, 1.165) is 25.7 Å². The zero-order chi connectivity index (χ0) is 13.7. The Bertz CT molecular complexity index is 444. The van der Waals surface area contributed by atoms with Crippen LogP contribution in [0.3, 0.4) is 0 Å². The van der Waals surface area contributed by atoms with Gasteiger partial charge in [0.05, 0.1) is 5.92 Å². The third-order valence-electron chi connectivity index (χ3n) is 3.69. The number of aliphatic carboxylic acids is 1. The highest BCUT2D eigenvalue weighted by atomic mass is 16.4. The standard InChI is InChI=1S/C15H19NO3/c17-14(11-7-3-1-4-8-11)16-13-10-6-2-5-9-12(13)15(18)19/h1,3-4,7-8,12-13H,2,5-6,9-10H2,(H,16,17)(H,18,19). The highest BCUT2D eigenvalue weighted by Crippen LogP contribution is 2.24. The van der Waals surface area contributed by atoms with E-state index in [4.69, 9.17) is 0 Å². The molecule has 4 heteroatoms. The Morgan fingerprint density at radius 2 is 1.74 bits per heavy atom. The maximum Gasteiger partial charge on any atom is 0.308 e. The molecule has 0 heterocycles. The summed E-state index contributed by atoms with van der Waals surface area (Å²) in [5.41, 5.74) is 0.580. The van der Waals surface area contributed by atoms with Crippen molar-refractivity contribution in [2.24, 2.45) is 5.92 Å². The van der Waals surface area contributed by atoms with Crippen molar-refractivity contribution in [2.45, 2.75) is 38.1 Å². The van der Waals surface area contributed by atoms with Crippen molar-refractivity contribution in [3.05, 3.63) is 35.9 Å². The summed E-state index contributed by atoms with van der Waals surface area (Å²) in [5, 5.41) is 12.2. The molecule has 0 saturated heterocycles. The van der Waals surface area contributed by atoms with Crippen molar-refractivity contribution in [3.8, 4) is 0 Å². The summed E-state index contributed by atoms with van der Waals surface area (Å²) in [6, 6.07) is 8.67. The van der Waals surface area contributed by atoms with E-state index in [1.54, 1.807) is 24.3 Å². The van der Waals surface area contributed by atoms with Crippen LogP contribution in [0.5, 0.6) is 0 Å². The van der Waals surface area contributed by atoms with Crippen LogP contribution >= 0.6 is 0 Å². The van der Waals surface area contributed by atoms with Gasteiger partial charge >= 0.3 is 5.97 Å².